The Balaban J connectivity index is 1.55. The summed E-state index contributed by atoms with van der Waals surface area (Å²) < 4.78 is 16.6. The van der Waals surface area contributed by atoms with Gasteiger partial charge in [0.2, 0.25) is 5.91 Å². The number of nitrogens with one attached hydrogen (secondary N) is 2. The molecule has 3 rings (SSSR count). The molecule has 0 aliphatic carbocycles. The molecule has 25 heavy (non-hydrogen) atoms. The smallest absolute Gasteiger partial charge is 0.227 e. The summed E-state index contributed by atoms with van der Waals surface area (Å²) in [6.07, 6.45) is 0.272. The van der Waals surface area contributed by atoms with Gasteiger partial charge in [-0.25, -0.2) is 0 Å². The lowest BCUT2D eigenvalue weighted by Gasteiger charge is -2.23. The van der Waals surface area contributed by atoms with Crippen LogP contribution in [0.2, 0.25) is 0 Å². The molecule has 2 aromatic carbocycles. The molecule has 0 bridgehead atoms. The number of amides is 1. The summed E-state index contributed by atoms with van der Waals surface area (Å²) in [5, 5.41) is 6.09. The number of morpholine rings is 1. The lowest BCUT2D eigenvalue weighted by atomic mass is 10.2. The lowest BCUT2D eigenvalue weighted by molar-refractivity contribution is -0.119. The van der Waals surface area contributed by atoms with Crippen LogP contribution < -0.4 is 20.1 Å². The van der Waals surface area contributed by atoms with E-state index in [-0.39, 0.29) is 12.0 Å². The van der Waals surface area contributed by atoms with E-state index in [1.165, 1.54) is 0 Å². The van der Waals surface area contributed by atoms with Crippen molar-refractivity contribution < 1.29 is 19.0 Å². The summed E-state index contributed by atoms with van der Waals surface area (Å²) in [4.78, 5) is 12.1. The third-order valence-corrected chi connectivity index (χ3v) is 3.85. The van der Waals surface area contributed by atoms with Crippen LogP contribution in [0.3, 0.4) is 0 Å². The Bertz CT molecular complexity index is 697. The first-order chi connectivity index (χ1) is 12.2. The molecule has 2 N–H and O–H groups in total. The molecular formula is C19H22N2O4. The molecule has 6 nitrogen and oxygen atoms in total. The van der Waals surface area contributed by atoms with Gasteiger partial charge in [0.1, 0.15) is 5.75 Å². The van der Waals surface area contributed by atoms with Crippen LogP contribution in [0.4, 0.5) is 5.69 Å². The molecule has 1 amide bonds. The van der Waals surface area contributed by atoms with Crippen LogP contribution >= 0.6 is 0 Å². The van der Waals surface area contributed by atoms with E-state index in [9.17, 15) is 4.79 Å². The Morgan fingerprint density at radius 1 is 1.20 bits per heavy atom. The number of hydrogen-bond acceptors (Lipinski definition) is 5. The van der Waals surface area contributed by atoms with E-state index in [2.05, 4.69) is 10.6 Å². The van der Waals surface area contributed by atoms with E-state index >= 15 is 0 Å². The lowest BCUT2D eigenvalue weighted by Crippen LogP contribution is -2.40. The summed E-state index contributed by atoms with van der Waals surface area (Å²) in [7, 11) is 1.60. The zero-order valence-electron chi connectivity index (χ0n) is 14.2. The molecular weight excluding hydrogens is 320 g/mol. The highest BCUT2D eigenvalue weighted by Crippen LogP contribution is 2.31. The number of para-hydroxylation sites is 2. The molecule has 1 aliphatic rings. The standard InChI is InChI=1S/C19H22N2O4/c1-23-17-4-2-3-5-18(17)25-15-8-6-14(7-9-15)21-19(22)12-16-13-20-10-11-24-16/h2-9,16,20H,10-13H2,1H3,(H,21,22). The first-order valence-electron chi connectivity index (χ1n) is 8.27. The molecule has 0 aromatic heterocycles. The normalized spacial score (nSPS) is 16.9. The molecule has 6 heteroatoms. The topological polar surface area (TPSA) is 68.8 Å². The SMILES string of the molecule is COc1ccccc1Oc1ccc(NC(=O)CC2CNCCO2)cc1. The Hall–Kier alpha value is -2.57. The Labute approximate surface area is 147 Å². The highest BCUT2D eigenvalue weighted by Gasteiger charge is 2.17. The van der Waals surface area contributed by atoms with Gasteiger partial charge in [-0.15, -0.1) is 0 Å². The first-order valence-corrected chi connectivity index (χ1v) is 8.27. The van der Waals surface area contributed by atoms with Crippen molar-refractivity contribution in [3.05, 3.63) is 48.5 Å². The van der Waals surface area contributed by atoms with E-state index in [0.29, 0.717) is 36.8 Å². The number of carbonyl (C=O) groups excluding carboxylic acids is 1. The molecule has 1 atom stereocenters. The average molecular weight is 342 g/mol. The highest BCUT2D eigenvalue weighted by molar-refractivity contribution is 5.91. The molecule has 1 saturated heterocycles. The van der Waals surface area contributed by atoms with Crippen molar-refractivity contribution >= 4 is 11.6 Å². The van der Waals surface area contributed by atoms with Crippen molar-refractivity contribution in [1.29, 1.82) is 0 Å². The van der Waals surface area contributed by atoms with Gasteiger partial charge in [0.05, 0.1) is 26.2 Å². The van der Waals surface area contributed by atoms with Crippen LogP contribution in [0, 0.1) is 0 Å². The van der Waals surface area contributed by atoms with E-state index in [0.717, 1.165) is 12.2 Å². The summed E-state index contributed by atoms with van der Waals surface area (Å²) in [6.45, 7) is 2.19. The van der Waals surface area contributed by atoms with Crippen molar-refractivity contribution in [3.63, 3.8) is 0 Å². The number of hydrogen-bond donors (Lipinski definition) is 2. The van der Waals surface area contributed by atoms with Crippen LogP contribution in [-0.2, 0) is 9.53 Å². The first kappa shape index (κ1) is 17.3. The summed E-state index contributed by atoms with van der Waals surface area (Å²) in [5.41, 5.74) is 0.723. The predicted molar refractivity (Wildman–Crippen MR) is 95.4 cm³/mol. The van der Waals surface area contributed by atoms with Crippen molar-refractivity contribution in [3.8, 4) is 17.2 Å². The fourth-order valence-electron chi connectivity index (χ4n) is 2.61. The minimum absolute atomic E-state index is 0.0629. The largest absolute Gasteiger partial charge is 0.493 e. The van der Waals surface area contributed by atoms with Crippen molar-refractivity contribution in [2.45, 2.75) is 12.5 Å². The zero-order valence-corrected chi connectivity index (χ0v) is 14.2. The Kier molecular flexibility index (Phi) is 5.87. The van der Waals surface area contributed by atoms with E-state index < -0.39 is 0 Å². The quantitative estimate of drug-likeness (QED) is 0.845. The van der Waals surface area contributed by atoms with Gasteiger partial charge >= 0.3 is 0 Å². The molecule has 0 radical (unpaired) electrons. The third-order valence-electron chi connectivity index (χ3n) is 3.85. The fraction of sp³-hybridized carbons (Fsp3) is 0.316. The van der Waals surface area contributed by atoms with Crippen LogP contribution in [-0.4, -0.2) is 38.8 Å². The molecule has 0 spiro atoms. The summed E-state index contributed by atoms with van der Waals surface area (Å²) >= 11 is 0. The predicted octanol–water partition coefficient (Wildman–Crippen LogP) is 2.80. The molecule has 1 fully saturated rings. The van der Waals surface area contributed by atoms with Gasteiger partial charge < -0.3 is 24.8 Å². The van der Waals surface area contributed by atoms with E-state index in [1.54, 1.807) is 19.2 Å². The molecule has 0 saturated carbocycles. The van der Waals surface area contributed by atoms with Crippen LogP contribution in [0.15, 0.2) is 48.5 Å². The van der Waals surface area contributed by atoms with Crippen LogP contribution in [0.5, 0.6) is 17.2 Å². The van der Waals surface area contributed by atoms with Gasteiger partial charge in [0.25, 0.3) is 0 Å². The van der Waals surface area contributed by atoms with E-state index in [4.69, 9.17) is 14.2 Å². The van der Waals surface area contributed by atoms with E-state index in [1.807, 2.05) is 36.4 Å². The number of benzene rings is 2. The molecule has 1 aliphatic heterocycles. The second-order valence-corrected chi connectivity index (χ2v) is 5.73. The van der Waals surface area contributed by atoms with Gasteiger partial charge in [-0.2, -0.15) is 0 Å². The van der Waals surface area contributed by atoms with Gasteiger partial charge in [0, 0.05) is 18.8 Å². The molecule has 2 aromatic rings. The second-order valence-electron chi connectivity index (χ2n) is 5.73. The minimum atomic E-state index is -0.0677. The van der Waals surface area contributed by atoms with Gasteiger partial charge in [0.15, 0.2) is 11.5 Å². The van der Waals surface area contributed by atoms with Gasteiger partial charge in [-0.1, -0.05) is 12.1 Å². The van der Waals surface area contributed by atoms with Crippen LogP contribution in [0.25, 0.3) is 0 Å². The van der Waals surface area contributed by atoms with Gasteiger partial charge in [-0.05, 0) is 36.4 Å². The summed E-state index contributed by atoms with van der Waals surface area (Å²) in [6, 6.07) is 14.7. The van der Waals surface area contributed by atoms with Crippen molar-refractivity contribution in [1.82, 2.24) is 5.32 Å². The minimum Gasteiger partial charge on any atom is -0.493 e. The maximum Gasteiger partial charge on any atom is 0.227 e. The average Bonchev–Trinajstić information content (AvgIpc) is 2.64. The van der Waals surface area contributed by atoms with Crippen molar-refractivity contribution in [2.24, 2.45) is 0 Å². The number of rotatable bonds is 6. The second kappa shape index (κ2) is 8.50. The van der Waals surface area contributed by atoms with Crippen molar-refractivity contribution in [2.75, 3.05) is 32.1 Å². The molecule has 1 heterocycles. The van der Waals surface area contributed by atoms with Crippen LogP contribution in [0.1, 0.15) is 6.42 Å². The number of methoxy groups -OCH3 is 1. The number of anilines is 1. The monoisotopic (exact) mass is 342 g/mol. The maximum atomic E-state index is 12.1. The number of ether oxygens (including phenoxy) is 3. The maximum absolute atomic E-state index is 12.1. The third kappa shape index (κ3) is 4.95. The number of carbonyl (C=O) groups is 1. The Morgan fingerprint density at radius 3 is 2.64 bits per heavy atom. The highest BCUT2D eigenvalue weighted by atomic mass is 16.5. The molecule has 132 valence electrons. The zero-order chi connectivity index (χ0) is 17.5. The molecule has 1 unspecified atom stereocenters. The summed E-state index contributed by atoms with van der Waals surface area (Å²) in [5.74, 6) is 1.92. The van der Waals surface area contributed by atoms with Gasteiger partial charge in [-0.3, -0.25) is 4.79 Å². The Morgan fingerprint density at radius 2 is 1.96 bits per heavy atom. The fourth-order valence-corrected chi connectivity index (χ4v) is 2.61.